The van der Waals surface area contributed by atoms with Crippen molar-refractivity contribution in [3.05, 3.63) is 95.6 Å². The average Bonchev–Trinajstić information content (AvgIpc) is 2.58. The van der Waals surface area contributed by atoms with Crippen LogP contribution in [-0.2, 0) is 0 Å². The van der Waals surface area contributed by atoms with E-state index in [0.29, 0.717) is 5.56 Å². The normalized spacial score (nSPS) is 10.5. The van der Waals surface area contributed by atoms with E-state index in [9.17, 15) is 13.6 Å². The van der Waals surface area contributed by atoms with Gasteiger partial charge in [0.1, 0.15) is 0 Å². The first-order valence-corrected chi connectivity index (χ1v) is 6.80. The van der Waals surface area contributed by atoms with E-state index in [0.717, 1.165) is 23.3 Å². The molecule has 3 aromatic rings. The summed E-state index contributed by atoms with van der Waals surface area (Å²) in [4.78, 5) is 12.3. The molecule has 0 aliphatic carbocycles. The molecule has 22 heavy (non-hydrogen) atoms. The number of rotatable bonds is 3. The van der Waals surface area contributed by atoms with Crippen LogP contribution in [0.15, 0.2) is 72.8 Å². The van der Waals surface area contributed by atoms with Crippen molar-refractivity contribution in [2.24, 2.45) is 0 Å². The first-order chi connectivity index (χ1) is 10.6. The fourth-order valence-corrected chi connectivity index (χ4v) is 2.25. The molecule has 3 heteroatoms. The smallest absolute Gasteiger partial charge is 0.193 e. The summed E-state index contributed by atoms with van der Waals surface area (Å²) in [5, 5.41) is 0. The fraction of sp³-hybridized carbons (Fsp3) is 0. The van der Waals surface area contributed by atoms with Gasteiger partial charge in [-0.2, -0.15) is 0 Å². The van der Waals surface area contributed by atoms with E-state index in [1.54, 1.807) is 12.1 Å². The van der Waals surface area contributed by atoms with Crippen molar-refractivity contribution in [2.45, 2.75) is 0 Å². The SMILES string of the molecule is O=C(c1ccc(-c2ccccc2)cc1)c1ccc(F)c(F)c1. The van der Waals surface area contributed by atoms with Crippen LogP contribution >= 0.6 is 0 Å². The molecule has 108 valence electrons. The third-order valence-corrected chi connectivity index (χ3v) is 3.44. The molecule has 0 aliphatic rings. The van der Waals surface area contributed by atoms with E-state index in [1.165, 1.54) is 6.07 Å². The summed E-state index contributed by atoms with van der Waals surface area (Å²) in [7, 11) is 0. The minimum Gasteiger partial charge on any atom is -0.289 e. The van der Waals surface area contributed by atoms with Crippen LogP contribution in [0.5, 0.6) is 0 Å². The van der Waals surface area contributed by atoms with Gasteiger partial charge in [0.05, 0.1) is 0 Å². The second-order valence-corrected chi connectivity index (χ2v) is 4.90. The van der Waals surface area contributed by atoms with Crippen molar-refractivity contribution < 1.29 is 13.6 Å². The van der Waals surface area contributed by atoms with Gasteiger partial charge in [-0.15, -0.1) is 0 Å². The Balaban J connectivity index is 1.89. The van der Waals surface area contributed by atoms with Gasteiger partial charge < -0.3 is 0 Å². The van der Waals surface area contributed by atoms with Gasteiger partial charge in [0.25, 0.3) is 0 Å². The quantitative estimate of drug-likeness (QED) is 0.630. The maximum Gasteiger partial charge on any atom is 0.193 e. The molecule has 3 rings (SSSR count). The highest BCUT2D eigenvalue weighted by Gasteiger charge is 2.12. The molecule has 0 radical (unpaired) electrons. The van der Waals surface area contributed by atoms with Crippen LogP contribution < -0.4 is 0 Å². The van der Waals surface area contributed by atoms with Crippen LogP contribution in [0.2, 0.25) is 0 Å². The van der Waals surface area contributed by atoms with Crippen LogP contribution in [0.3, 0.4) is 0 Å². The lowest BCUT2D eigenvalue weighted by Gasteiger charge is -2.05. The predicted molar refractivity (Wildman–Crippen MR) is 81.7 cm³/mol. The van der Waals surface area contributed by atoms with Crippen molar-refractivity contribution in [1.29, 1.82) is 0 Å². The van der Waals surface area contributed by atoms with Crippen molar-refractivity contribution in [1.82, 2.24) is 0 Å². The molecule has 0 bridgehead atoms. The molecule has 0 N–H and O–H groups in total. The summed E-state index contributed by atoms with van der Waals surface area (Å²) in [6, 6.07) is 20.0. The van der Waals surface area contributed by atoms with E-state index in [1.807, 2.05) is 42.5 Å². The monoisotopic (exact) mass is 294 g/mol. The van der Waals surface area contributed by atoms with E-state index in [-0.39, 0.29) is 11.3 Å². The number of carbonyl (C=O) groups excluding carboxylic acids is 1. The minimum atomic E-state index is -1.02. The molecule has 0 fully saturated rings. The van der Waals surface area contributed by atoms with Crippen molar-refractivity contribution >= 4 is 5.78 Å². The van der Waals surface area contributed by atoms with Crippen molar-refractivity contribution in [3.63, 3.8) is 0 Å². The standard InChI is InChI=1S/C19H12F2O/c20-17-11-10-16(12-18(17)21)19(22)15-8-6-14(7-9-15)13-4-2-1-3-5-13/h1-12H. The summed E-state index contributed by atoms with van der Waals surface area (Å²) in [5.74, 6) is -2.32. The van der Waals surface area contributed by atoms with Crippen LogP contribution in [0.25, 0.3) is 11.1 Å². The molecule has 0 unspecified atom stereocenters. The highest BCUT2D eigenvalue weighted by molar-refractivity contribution is 6.09. The predicted octanol–water partition coefficient (Wildman–Crippen LogP) is 4.86. The molecular formula is C19H12F2O. The lowest BCUT2D eigenvalue weighted by molar-refractivity contribution is 0.103. The van der Waals surface area contributed by atoms with Gasteiger partial charge in [-0.3, -0.25) is 4.79 Å². The molecule has 3 aromatic carbocycles. The molecule has 1 nitrogen and oxygen atoms in total. The van der Waals surface area contributed by atoms with Crippen molar-refractivity contribution in [2.75, 3.05) is 0 Å². The molecule has 0 spiro atoms. The van der Waals surface area contributed by atoms with Gasteiger partial charge in [-0.25, -0.2) is 8.78 Å². The average molecular weight is 294 g/mol. The summed E-state index contributed by atoms with van der Waals surface area (Å²) < 4.78 is 26.1. The minimum absolute atomic E-state index is 0.131. The van der Waals surface area contributed by atoms with E-state index in [2.05, 4.69) is 0 Å². The molecule has 0 saturated heterocycles. The third kappa shape index (κ3) is 2.79. The lowest BCUT2D eigenvalue weighted by atomic mass is 9.99. The largest absolute Gasteiger partial charge is 0.289 e. The Morgan fingerprint density at radius 2 is 1.23 bits per heavy atom. The number of carbonyl (C=O) groups is 1. The van der Waals surface area contributed by atoms with Crippen molar-refractivity contribution in [3.8, 4) is 11.1 Å². The summed E-state index contributed by atoms with van der Waals surface area (Å²) >= 11 is 0. The molecule has 0 aliphatic heterocycles. The zero-order valence-electron chi connectivity index (χ0n) is 11.6. The summed E-state index contributed by atoms with van der Waals surface area (Å²) in [5.41, 5.74) is 2.61. The molecular weight excluding hydrogens is 282 g/mol. The number of ketones is 1. The Morgan fingerprint density at radius 1 is 0.636 bits per heavy atom. The number of benzene rings is 3. The highest BCUT2D eigenvalue weighted by atomic mass is 19.2. The highest BCUT2D eigenvalue weighted by Crippen LogP contribution is 2.21. The van der Waals surface area contributed by atoms with Crippen LogP contribution in [0, 0.1) is 11.6 Å². The van der Waals surface area contributed by atoms with E-state index in [4.69, 9.17) is 0 Å². The Labute approximate surface area is 126 Å². The molecule has 0 atom stereocenters. The van der Waals surface area contributed by atoms with Gasteiger partial charge in [0, 0.05) is 11.1 Å². The number of hydrogen-bond acceptors (Lipinski definition) is 1. The van der Waals surface area contributed by atoms with Crippen LogP contribution in [-0.4, -0.2) is 5.78 Å². The fourth-order valence-electron chi connectivity index (χ4n) is 2.25. The Kier molecular flexibility index (Phi) is 3.79. The molecule has 0 saturated carbocycles. The maximum absolute atomic E-state index is 13.2. The first-order valence-electron chi connectivity index (χ1n) is 6.80. The zero-order chi connectivity index (χ0) is 15.5. The van der Waals surface area contributed by atoms with E-state index >= 15 is 0 Å². The number of halogens is 2. The topological polar surface area (TPSA) is 17.1 Å². The van der Waals surface area contributed by atoms with Crippen LogP contribution in [0.4, 0.5) is 8.78 Å². The third-order valence-electron chi connectivity index (χ3n) is 3.44. The molecule has 0 aromatic heterocycles. The maximum atomic E-state index is 13.2. The lowest BCUT2D eigenvalue weighted by Crippen LogP contribution is -2.02. The summed E-state index contributed by atoms with van der Waals surface area (Å²) in [6.07, 6.45) is 0. The second kappa shape index (κ2) is 5.90. The Hall–Kier alpha value is -2.81. The first kappa shape index (κ1) is 14.1. The van der Waals surface area contributed by atoms with Crippen LogP contribution in [0.1, 0.15) is 15.9 Å². The zero-order valence-corrected chi connectivity index (χ0v) is 11.6. The van der Waals surface area contributed by atoms with Gasteiger partial charge in [0.15, 0.2) is 17.4 Å². The van der Waals surface area contributed by atoms with Gasteiger partial charge in [-0.1, -0.05) is 54.6 Å². The van der Waals surface area contributed by atoms with E-state index < -0.39 is 11.6 Å². The number of hydrogen-bond donors (Lipinski definition) is 0. The molecule has 0 heterocycles. The van der Waals surface area contributed by atoms with Gasteiger partial charge >= 0.3 is 0 Å². The Bertz CT molecular complexity index is 809. The summed E-state index contributed by atoms with van der Waals surface area (Å²) in [6.45, 7) is 0. The second-order valence-electron chi connectivity index (χ2n) is 4.90. The molecule has 0 amide bonds. The van der Waals surface area contributed by atoms with Gasteiger partial charge in [0.2, 0.25) is 0 Å². The Morgan fingerprint density at radius 3 is 1.86 bits per heavy atom. The van der Waals surface area contributed by atoms with Gasteiger partial charge in [-0.05, 0) is 29.3 Å².